The van der Waals surface area contributed by atoms with Crippen molar-refractivity contribution >= 4 is 38.8 Å². The summed E-state index contributed by atoms with van der Waals surface area (Å²) in [4.78, 5) is 14.2. The van der Waals surface area contributed by atoms with Gasteiger partial charge in [-0.15, -0.1) is 0 Å². The van der Waals surface area contributed by atoms with Crippen LogP contribution >= 0.6 is 11.5 Å². The van der Waals surface area contributed by atoms with Gasteiger partial charge in [0, 0.05) is 35.3 Å². The lowest BCUT2D eigenvalue weighted by atomic mass is 9.98. The first-order chi connectivity index (χ1) is 17.1. The van der Waals surface area contributed by atoms with Crippen LogP contribution in [0.5, 0.6) is 0 Å². The quantitative estimate of drug-likeness (QED) is 0.414. The Morgan fingerprint density at radius 1 is 1.08 bits per heavy atom. The molecular weight excluding hydrogens is 511 g/mol. The normalized spacial score (nSPS) is 16.9. The maximum absolute atomic E-state index is 13.2. The lowest BCUT2D eigenvalue weighted by Crippen LogP contribution is -2.38. The second-order valence-corrected chi connectivity index (χ2v) is 11.5. The highest BCUT2D eigenvalue weighted by atomic mass is 32.2. The number of hydrogen-bond acceptors (Lipinski definition) is 5. The van der Waals surface area contributed by atoms with E-state index in [0.717, 1.165) is 47.8 Å². The molecule has 0 unspecified atom stereocenters. The second-order valence-electron chi connectivity index (χ2n) is 9.21. The van der Waals surface area contributed by atoms with E-state index in [4.69, 9.17) is 0 Å². The Morgan fingerprint density at radius 3 is 2.61 bits per heavy atom. The average molecular weight is 536 g/mol. The maximum Gasteiger partial charge on any atom is 0.416 e. The Labute approximate surface area is 211 Å². The molecule has 1 saturated carbocycles. The molecule has 2 heterocycles. The number of nitrogens with one attached hydrogen (secondary N) is 1. The number of amides is 1. The number of sulfonamides is 1. The van der Waals surface area contributed by atoms with Crippen LogP contribution in [-0.4, -0.2) is 25.2 Å². The number of aryl methyl sites for hydroxylation is 1. The van der Waals surface area contributed by atoms with Crippen LogP contribution in [0.1, 0.15) is 43.2 Å². The van der Waals surface area contributed by atoms with E-state index in [1.807, 2.05) is 4.90 Å². The number of rotatable bonds is 6. The molecule has 1 amide bonds. The summed E-state index contributed by atoms with van der Waals surface area (Å²) in [7, 11) is -4.13. The van der Waals surface area contributed by atoms with Crippen molar-refractivity contribution in [1.82, 2.24) is 4.37 Å². The maximum atomic E-state index is 13.2. The molecule has 6 nitrogen and oxygen atoms in total. The van der Waals surface area contributed by atoms with Crippen LogP contribution < -0.4 is 9.62 Å². The van der Waals surface area contributed by atoms with Gasteiger partial charge in [-0.3, -0.25) is 9.52 Å². The molecule has 5 rings (SSSR count). The van der Waals surface area contributed by atoms with Crippen molar-refractivity contribution in [2.75, 3.05) is 16.2 Å². The molecule has 2 aromatic carbocycles. The standard InChI is InChI=1S/C25H24F3N3O3S2/c26-25(27,28)19-7-3-6-18(12-19)24-22(15-35-29-24)36(33,34)30-20-9-10-21-17(13-20)8-11-23(32)31(21)14-16-4-1-2-5-16/h3,6-7,9-10,12-13,15-16,30H,1-2,4-5,8,11,14H2. The molecule has 190 valence electrons. The molecule has 0 radical (unpaired) electrons. The smallest absolute Gasteiger partial charge is 0.312 e. The first kappa shape index (κ1) is 24.8. The Hall–Kier alpha value is -2.92. The molecule has 2 aliphatic rings. The monoisotopic (exact) mass is 535 g/mol. The fourth-order valence-electron chi connectivity index (χ4n) is 4.94. The minimum atomic E-state index is -4.56. The predicted molar refractivity (Wildman–Crippen MR) is 132 cm³/mol. The lowest BCUT2D eigenvalue weighted by Gasteiger charge is -2.32. The number of carbonyl (C=O) groups is 1. The van der Waals surface area contributed by atoms with Crippen molar-refractivity contribution in [2.45, 2.75) is 49.6 Å². The summed E-state index contributed by atoms with van der Waals surface area (Å²) in [5.41, 5.74) is 1.17. The van der Waals surface area contributed by atoms with Crippen LogP contribution in [0.4, 0.5) is 24.5 Å². The van der Waals surface area contributed by atoms with Gasteiger partial charge in [-0.05, 0) is 72.6 Å². The number of anilines is 2. The molecule has 11 heteroatoms. The van der Waals surface area contributed by atoms with E-state index < -0.39 is 21.8 Å². The molecule has 1 aliphatic carbocycles. The number of alkyl halides is 3. The van der Waals surface area contributed by atoms with E-state index in [2.05, 4.69) is 9.10 Å². The van der Waals surface area contributed by atoms with Crippen molar-refractivity contribution in [3.8, 4) is 11.3 Å². The van der Waals surface area contributed by atoms with Crippen molar-refractivity contribution in [1.29, 1.82) is 0 Å². The number of nitrogens with zero attached hydrogens (tertiary/aromatic N) is 2. The number of aromatic nitrogens is 1. The molecule has 36 heavy (non-hydrogen) atoms. The Balaban J connectivity index is 1.40. The molecule has 0 atom stereocenters. The third-order valence-corrected chi connectivity index (χ3v) is 8.91. The molecule has 1 N–H and O–H groups in total. The van der Waals surface area contributed by atoms with E-state index in [0.29, 0.717) is 31.0 Å². The third kappa shape index (κ3) is 4.99. The highest BCUT2D eigenvalue weighted by molar-refractivity contribution is 7.93. The van der Waals surface area contributed by atoms with Gasteiger partial charge in [-0.25, -0.2) is 8.42 Å². The Kier molecular flexibility index (Phi) is 6.54. The highest BCUT2D eigenvalue weighted by Crippen LogP contribution is 2.37. The van der Waals surface area contributed by atoms with E-state index in [1.54, 1.807) is 18.2 Å². The minimum absolute atomic E-state index is 0.0371. The number of fused-ring (bicyclic) bond motifs is 1. The summed E-state index contributed by atoms with van der Waals surface area (Å²) in [5, 5.41) is 1.30. The van der Waals surface area contributed by atoms with Crippen molar-refractivity contribution in [3.05, 3.63) is 59.0 Å². The zero-order valence-corrected chi connectivity index (χ0v) is 20.8. The number of carbonyl (C=O) groups excluding carboxylic acids is 1. The van der Waals surface area contributed by atoms with Crippen LogP contribution in [0.15, 0.2) is 52.7 Å². The van der Waals surface area contributed by atoms with Crippen LogP contribution in [0, 0.1) is 5.92 Å². The van der Waals surface area contributed by atoms with Gasteiger partial charge in [0.15, 0.2) is 0 Å². The SMILES string of the molecule is O=C1CCc2cc(NS(=O)(=O)c3csnc3-c3cccc(C(F)(F)F)c3)ccc2N1CC1CCCC1. The Bertz CT molecular complexity index is 1400. The molecular formula is C25H24F3N3O3S2. The van der Waals surface area contributed by atoms with Crippen LogP contribution in [0.25, 0.3) is 11.3 Å². The molecule has 0 saturated heterocycles. The summed E-state index contributed by atoms with van der Waals surface area (Å²) in [6.07, 6.45) is 0.907. The largest absolute Gasteiger partial charge is 0.416 e. The summed E-state index contributed by atoms with van der Waals surface area (Å²) >= 11 is 0.856. The van der Waals surface area contributed by atoms with Crippen LogP contribution in [-0.2, 0) is 27.4 Å². The second kappa shape index (κ2) is 9.51. The number of halogens is 3. The summed E-state index contributed by atoms with van der Waals surface area (Å²) in [5.74, 6) is 0.566. The van der Waals surface area contributed by atoms with Crippen molar-refractivity contribution in [3.63, 3.8) is 0 Å². The van der Waals surface area contributed by atoms with Gasteiger partial charge < -0.3 is 4.90 Å². The highest BCUT2D eigenvalue weighted by Gasteiger charge is 2.32. The van der Waals surface area contributed by atoms with E-state index in [-0.39, 0.29) is 22.1 Å². The third-order valence-electron chi connectivity index (χ3n) is 6.74. The summed E-state index contributed by atoms with van der Waals surface area (Å²) in [6.45, 7) is 0.678. The minimum Gasteiger partial charge on any atom is -0.312 e. The number of hydrogen-bond donors (Lipinski definition) is 1. The zero-order valence-electron chi connectivity index (χ0n) is 19.2. The molecule has 1 fully saturated rings. The van der Waals surface area contributed by atoms with E-state index >= 15 is 0 Å². The Morgan fingerprint density at radius 2 is 1.86 bits per heavy atom. The molecule has 1 aliphatic heterocycles. The van der Waals surface area contributed by atoms with Gasteiger partial charge in [0.05, 0.1) is 5.56 Å². The molecule has 0 bridgehead atoms. The average Bonchev–Trinajstić information content (AvgIpc) is 3.53. The topological polar surface area (TPSA) is 79.4 Å². The van der Waals surface area contributed by atoms with Gasteiger partial charge in [-0.1, -0.05) is 25.0 Å². The number of benzene rings is 2. The van der Waals surface area contributed by atoms with Gasteiger partial charge in [0.2, 0.25) is 5.91 Å². The fourth-order valence-corrected chi connectivity index (χ4v) is 7.17. The molecule has 3 aromatic rings. The fraction of sp³-hybridized carbons (Fsp3) is 0.360. The first-order valence-electron chi connectivity index (χ1n) is 11.7. The lowest BCUT2D eigenvalue weighted by molar-refractivity contribution is -0.137. The predicted octanol–water partition coefficient (Wildman–Crippen LogP) is 6.10. The van der Waals surface area contributed by atoms with Crippen LogP contribution in [0.3, 0.4) is 0 Å². The van der Waals surface area contributed by atoms with Gasteiger partial charge in [0.25, 0.3) is 10.0 Å². The molecule has 1 aromatic heterocycles. The van der Waals surface area contributed by atoms with Crippen LogP contribution in [0.2, 0.25) is 0 Å². The zero-order chi connectivity index (χ0) is 25.5. The van der Waals surface area contributed by atoms with Gasteiger partial charge in [0.1, 0.15) is 10.6 Å². The summed E-state index contributed by atoms with van der Waals surface area (Å²) < 4.78 is 72.5. The van der Waals surface area contributed by atoms with Gasteiger partial charge >= 0.3 is 6.18 Å². The van der Waals surface area contributed by atoms with Crippen molar-refractivity contribution < 1.29 is 26.4 Å². The van der Waals surface area contributed by atoms with Gasteiger partial charge in [-0.2, -0.15) is 17.5 Å². The summed E-state index contributed by atoms with van der Waals surface area (Å²) in [6, 6.07) is 9.55. The van der Waals surface area contributed by atoms with Crippen molar-refractivity contribution in [2.24, 2.45) is 5.92 Å². The van der Waals surface area contributed by atoms with E-state index in [1.165, 1.54) is 30.4 Å². The molecule has 0 spiro atoms. The first-order valence-corrected chi connectivity index (χ1v) is 14.0. The van der Waals surface area contributed by atoms with E-state index in [9.17, 15) is 26.4 Å².